The molecule has 38 heavy (non-hydrogen) atoms. The van der Waals surface area contributed by atoms with E-state index in [1.165, 1.54) is 0 Å². The number of urea groups is 1. The van der Waals surface area contributed by atoms with Crippen molar-refractivity contribution in [3.63, 3.8) is 0 Å². The van der Waals surface area contributed by atoms with E-state index in [9.17, 15) is 20.0 Å². The van der Waals surface area contributed by atoms with Gasteiger partial charge < -0.3 is 24.6 Å². The highest BCUT2D eigenvalue weighted by atomic mass is 16.5. The lowest BCUT2D eigenvalue weighted by Gasteiger charge is -2.30. The standard InChI is InChI=1S/C28H27N5O5/c1-16(2)37-24-9-6-18(14-19(24)15-29)26-31-25(32-38-26)22-5-3-4-21-20(22)7-8-23(21)30-28(36)33-12-10-17(11-13-33)27(34)35/h3-6,8-9,14,16-17H,7,10-13H2,1-2H3,(H,30,36)(H,34,35). The van der Waals surface area contributed by atoms with Gasteiger partial charge in [-0.2, -0.15) is 10.2 Å². The van der Waals surface area contributed by atoms with Gasteiger partial charge in [0.25, 0.3) is 5.89 Å². The molecule has 1 aliphatic carbocycles. The number of rotatable bonds is 6. The number of likely N-dealkylation sites (tertiary alicyclic amines) is 1. The van der Waals surface area contributed by atoms with Crippen LogP contribution in [-0.4, -0.2) is 51.3 Å². The average molecular weight is 514 g/mol. The predicted molar refractivity (Wildman–Crippen MR) is 138 cm³/mol. The first kappa shape index (κ1) is 25.0. The number of hydrogen-bond acceptors (Lipinski definition) is 7. The van der Waals surface area contributed by atoms with Crippen LogP contribution in [0.15, 0.2) is 47.0 Å². The van der Waals surface area contributed by atoms with E-state index in [2.05, 4.69) is 21.5 Å². The first-order valence-corrected chi connectivity index (χ1v) is 12.5. The molecule has 10 heteroatoms. The lowest BCUT2D eigenvalue weighted by Crippen LogP contribution is -2.44. The molecule has 0 atom stereocenters. The van der Waals surface area contributed by atoms with Gasteiger partial charge in [-0.3, -0.25) is 4.79 Å². The van der Waals surface area contributed by atoms with E-state index in [0.717, 1.165) is 16.7 Å². The van der Waals surface area contributed by atoms with Crippen molar-refractivity contribution in [2.24, 2.45) is 5.92 Å². The number of amides is 2. The Balaban J connectivity index is 1.32. The average Bonchev–Trinajstić information content (AvgIpc) is 3.56. The number of carboxylic acids is 1. The van der Waals surface area contributed by atoms with Crippen LogP contribution in [0.25, 0.3) is 28.5 Å². The predicted octanol–water partition coefficient (Wildman–Crippen LogP) is 4.47. The minimum absolute atomic E-state index is 0.0597. The molecule has 3 aromatic rings. The molecule has 2 amide bonds. The number of carbonyl (C=O) groups is 2. The summed E-state index contributed by atoms with van der Waals surface area (Å²) < 4.78 is 11.2. The number of nitrogens with zero attached hydrogens (tertiary/aromatic N) is 4. The highest BCUT2D eigenvalue weighted by Gasteiger charge is 2.29. The second kappa shape index (κ2) is 10.4. The van der Waals surface area contributed by atoms with Gasteiger partial charge in [-0.15, -0.1) is 0 Å². The molecular weight excluding hydrogens is 486 g/mol. The molecule has 2 aromatic carbocycles. The van der Waals surface area contributed by atoms with Crippen LogP contribution in [0.5, 0.6) is 5.75 Å². The third-order valence-corrected chi connectivity index (χ3v) is 6.73. The van der Waals surface area contributed by atoms with Crippen LogP contribution >= 0.6 is 0 Å². The summed E-state index contributed by atoms with van der Waals surface area (Å²) in [5.74, 6) is -0.00853. The maximum Gasteiger partial charge on any atom is 0.321 e. The van der Waals surface area contributed by atoms with Crippen LogP contribution in [-0.2, 0) is 11.2 Å². The minimum atomic E-state index is -0.808. The van der Waals surface area contributed by atoms with Crippen LogP contribution in [0, 0.1) is 17.2 Å². The molecule has 194 valence electrons. The number of aliphatic carboxylic acids is 1. The van der Waals surface area contributed by atoms with Crippen molar-refractivity contribution in [2.75, 3.05) is 13.1 Å². The Morgan fingerprint density at radius 3 is 2.68 bits per heavy atom. The lowest BCUT2D eigenvalue weighted by atomic mass is 9.97. The third-order valence-electron chi connectivity index (χ3n) is 6.73. The first-order valence-electron chi connectivity index (χ1n) is 12.5. The van der Waals surface area contributed by atoms with Crippen molar-refractivity contribution in [2.45, 2.75) is 39.2 Å². The fraction of sp³-hybridized carbons (Fsp3) is 0.321. The Bertz CT molecular complexity index is 1460. The number of carbonyl (C=O) groups excluding carboxylic acids is 1. The molecule has 0 bridgehead atoms. The summed E-state index contributed by atoms with van der Waals surface area (Å²) in [6.07, 6.45) is 3.38. The van der Waals surface area contributed by atoms with E-state index < -0.39 is 11.9 Å². The molecule has 2 heterocycles. The van der Waals surface area contributed by atoms with E-state index >= 15 is 0 Å². The molecule has 0 radical (unpaired) electrons. The van der Waals surface area contributed by atoms with Gasteiger partial charge in [0.15, 0.2) is 0 Å². The van der Waals surface area contributed by atoms with Crippen LogP contribution < -0.4 is 10.1 Å². The molecule has 0 saturated carbocycles. The summed E-state index contributed by atoms with van der Waals surface area (Å²) >= 11 is 0. The van der Waals surface area contributed by atoms with Gasteiger partial charge in [-0.25, -0.2) is 4.79 Å². The summed E-state index contributed by atoms with van der Waals surface area (Å²) in [5, 5.41) is 25.9. The summed E-state index contributed by atoms with van der Waals surface area (Å²) in [4.78, 5) is 30.3. The molecule has 2 aliphatic rings. The molecule has 0 spiro atoms. The summed E-state index contributed by atoms with van der Waals surface area (Å²) in [6, 6.07) is 12.8. The van der Waals surface area contributed by atoms with E-state index in [1.54, 1.807) is 23.1 Å². The van der Waals surface area contributed by atoms with Gasteiger partial charge in [0.2, 0.25) is 5.82 Å². The number of allylic oxidation sites excluding steroid dienone is 1. The summed E-state index contributed by atoms with van der Waals surface area (Å²) in [5.41, 5.74) is 4.34. The molecule has 2 N–H and O–H groups in total. The van der Waals surface area contributed by atoms with Crippen molar-refractivity contribution >= 4 is 17.7 Å². The largest absolute Gasteiger partial charge is 0.490 e. The SMILES string of the molecule is CC(C)Oc1ccc(-c2nc(-c3cccc4c3CC=C4NC(=O)N3CCC(C(=O)O)CC3)no2)cc1C#N. The smallest absolute Gasteiger partial charge is 0.321 e. The van der Waals surface area contributed by atoms with E-state index in [4.69, 9.17) is 9.26 Å². The van der Waals surface area contributed by atoms with Gasteiger partial charge in [-0.1, -0.05) is 29.4 Å². The number of aromatic nitrogens is 2. The monoisotopic (exact) mass is 513 g/mol. The fourth-order valence-corrected chi connectivity index (χ4v) is 4.78. The number of carboxylic acid groups (broad SMARTS) is 1. The molecular formula is C28H27N5O5. The Hall–Kier alpha value is -4.65. The molecule has 0 unspecified atom stereocenters. The molecule has 1 saturated heterocycles. The van der Waals surface area contributed by atoms with Crippen molar-refractivity contribution < 1.29 is 24.0 Å². The molecule has 5 rings (SSSR count). The number of fused-ring (bicyclic) bond motifs is 1. The summed E-state index contributed by atoms with van der Waals surface area (Å²) in [6.45, 7) is 4.61. The minimum Gasteiger partial charge on any atom is -0.490 e. The maximum absolute atomic E-state index is 12.8. The number of ether oxygens (including phenoxy) is 1. The van der Waals surface area contributed by atoms with Crippen LogP contribution in [0.1, 0.15) is 43.4 Å². The van der Waals surface area contributed by atoms with E-state index in [0.29, 0.717) is 60.7 Å². The van der Waals surface area contributed by atoms with E-state index in [1.807, 2.05) is 38.1 Å². The van der Waals surface area contributed by atoms with Gasteiger partial charge in [0, 0.05) is 35.5 Å². The Labute approximate surface area is 219 Å². The highest BCUT2D eigenvalue weighted by Crippen LogP contribution is 2.34. The normalized spacial score (nSPS) is 15.1. The third kappa shape index (κ3) is 4.95. The first-order chi connectivity index (χ1) is 18.3. The highest BCUT2D eigenvalue weighted by molar-refractivity contribution is 5.89. The van der Waals surface area contributed by atoms with Gasteiger partial charge in [0.1, 0.15) is 11.8 Å². The second-order valence-electron chi connectivity index (χ2n) is 9.60. The Kier molecular flexibility index (Phi) is 6.83. The molecule has 1 aliphatic heterocycles. The fourth-order valence-electron chi connectivity index (χ4n) is 4.78. The van der Waals surface area contributed by atoms with Crippen molar-refractivity contribution in [3.8, 4) is 34.7 Å². The Morgan fingerprint density at radius 2 is 1.97 bits per heavy atom. The number of benzene rings is 2. The molecule has 1 aromatic heterocycles. The van der Waals surface area contributed by atoms with Gasteiger partial charge >= 0.3 is 12.0 Å². The number of hydrogen-bond donors (Lipinski definition) is 2. The molecule has 1 fully saturated rings. The van der Waals surface area contributed by atoms with Gasteiger partial charge in [0.05, 0.1) is 17.6 Å². The summed E-state index contributed by atoms with van der Waals surface area (Å²) in [7, 11) is 0. The van der Waals surface area contributed by atoms with Crippen molar-refractivity contribution in [1.29, 1.82) is 5.26 Å². The van der Waals surface area contributed by atoms with E-state index in [-0.39, 0.29) is 18.0 Å². The molecule has 10 nitrogen and oxygen atoms in total. The van der Waals surface area contributed by atoms with Gasteiger partial charge in [-0.05, 0) is 56.9 Å². The van der Waals surface area contributed by atoms with Crippen molar-refractivity contribution in [3.05, 3.63) is 59.2 Å². The quantitative estimate of drug-likeness (QED) is 0.492. The van der Waals surface area contributed by atoms with Crippen LogP contribution in [0.2, 0.25) is 0 Å². The van der Waals surface area contributed by atoms with Crippen LogP contribution in [0.4, 0.5) is 4.79 Å². The second-order valence-corrected chi connectivity index (χ2v) is 9.60. The topological polar surface area (TPSA) is 142 Å². The number of piperidine rings is 1. The number of nitrogens with one attached hydrogen (secondary N) is 1. The maximum atomic E-state index is 12.8. The van der Waals surface area contributed by atoms with Crippen molar-refractivity contribution in [1.82, 2.24) is 20.4 Å². The van der Waals surface area contributed by atoms with Crippen LogP contribution in [0.3, 0.4) is 0 Å². The zero-order valence-electron chi connectivity index (χ0n) is 21.1. The number of nitriles is 1. The Morgan fingerprint density at radius 1 is 1.21 bits per heavy atom. The lowest BCUT2D eigenvalue weighted by molar-refractivity contribution is -0.143. The zero-order valence-corrected chi connectivity index (χ0v) is 21.1. The zero-order chi connectivity index (χ0) is 26.8.